The van der Waals surface area contributed by atoms with Gasteiger partial charge in [0.1, 0.15) is 5.76 Å². The number of carbonyl (C=O) groups excluding carboxylic acids is 3. The molecule has 1 aromatic rings. The fourth-order valence-corrected chi connectivity index (χ4v) is 3.26. The molecule has 2 saturated heterocycles. The van der Waals surface area contributed by atoms with Crippen LogP contribution in [0.4, 0.5) is 0 Å². The number of nitrogens with one attached hydrogen (secondary N) is 1. The number of nitrogens with zero attached hydrogens (tertiary/aromatic N) is 2. The molecule has 3 rings (SSSR count). The second kappa shape index (κ2) is 7.51. The Kier molecular flexibility index (Phi) is 5.17. The Balaban J connectivity index is 1.37. The Morgan fingerprint density at radius 3 is 2.88 bits per heavy atom. The van der Waals surface area contributed by atoms with Crippen LogP contribution in [0.25, 0.3) is 0 Å². The Hall–Kier alpha value is -2.31. The highest BCUT2D eigenvalue weighted by Crippen LogP contribution is 2.20. The van der Waals surface area contributed by atoms with Crippen LogP contribution in [0.2, 0.25) is 0 Å². The van der Waals surface area contributed by atoms with Crippen molar-refractivity contribution in [2.75, 3.05) is 26.2 Å². The van der Waals surface area contributed by atoms with Crippen molar-refractivity contribution < 1.29 is 18.8 Å². The van der Waals surface area contributed by atoms with Gasteiger partial charge in [-0.3, -0.25) is 14.4 Å². The third-order valence-corrected chi connectivity index (χ3v) is 4.59. The molecule has 3 heterocycles. The van der Waals surface area contributed by atoms with Gasteiger partial charge in [-0.1, -0.05) is 0 Å². The standard InChI is InChI=1S/C17H23N3O4/c21-15-5-1-7-19(15)8-3-6-18-17(23)13-10-16(22)20(11-13)12-14-4-2-9-24-14/h2,4,9,13H,1,3,5-8,10-12H2,(H,18,23)/t13-/m1/s1. The summed E-state index contributed by atoms with van der Waals surface area (Å²) in [4.78, 5) is 39.2. The van der Waals surface area contributed by atoms with Gasteiger partial charge in [0.15, 0.2) is 0 Å². The SMILES string of the molecule is O=C(NCCCN1CCCC1=O)[C@@H]1CC(=O)N(Cc2ccco2)C1. The number of furan rings is 1. The van der Waals surface area contributed by atoms with E-state index in [4.69, 9.17) is 4.42 Å². The molecule has 2 fully saturated rings. The molecule has 1 aromatic heterocycles. The van der Waals surface area contributed by atoms with Crippen LogP contribution in [-0.2, 0) is 20.9 Å². The van der Waals surface area contributed by atoms with Crippen LogP contribution < -0.4 is 5.32 Å². The second-order valence-corrected chi connectivity index (χ2v) is 6.38. The highest BCUT2D eigenvalue weighted by molar-refractivity contribution is 5.89. The van der Waals surface area contributed by atoms with Crippen molar-refractivity contribution in [2.24, 2.45) is 5.92 Å². The van der Waals surface area contributed by atoms with Crippen molar-refractivity contribution >= 4 is 17.7 Å². The average molecular weight is 333 g/mol. The maximum absolute atomic E-state index is 12.2. The zero-order valence-corrected chi connectivity index (χ0v) is 13.7. The van der Waals surface area contributed by atoms with Crippen molar-refractivity contribution in [3.05, 3.63) is 24.2 Å². The van der Waals surface area contributed by atoms with Crippen LogP contribution in [0, 0.1) is 5.92 Å². The smallest absolute Gasteiger partial charge is 0.225 e. The van der Waals surface area contributed by atoms with Crippen LogP contribution in [0.15, 0.2) is 22.8 Å². The largest absolute Gasteiger partial charge is 0.467 e. The van der Waals surface area contributed by atoms with Crippen LogP contribution in [0.5, 0.6) is 0 Å². The van der Waals surface area contributed by atoms with E-state index in [0.717, 1.165) is 25.1 Å². The molecule has 1 atom stereocenters. The van der Waals surface area contributed by atoms with Crippen LogP contribution in [0.1, 0.15) is 31.4 Å². The molecular weight excluding hydrogens is 310 g/mol. The lowest BCUT2D eigenvalue weighted by Gasteiger charge is -2.16. The molecule has 0 radical (unpaired) electrons. The van der Waals surface area contributed by atoms with E-state index in [1.165, 1.54) is 0 Å². The molecule has 1 N–H and O–H groups in total. The molecule has 0 aliphatic carbocycles. The summed E-state index contributed by atoms with van der Waals surface area (Å²) in [6.07, 6.45) is 4.14. The van der Waals surface area contributed by atoms with Crippen LogP contribution >= 0.6 is 0 Å². The first-order valence-electron chi connectivity index (χ1n) is 8.49. The first-order valence-corrected chi connectivity index (χ1v) is 8.49. The molecular formula is C17H23N3O4. The predicted molar refractivity (Wildman–Crippen MR) is 85.7 cm³/mol. The molecule has 0 aromatic carbocycles. The summed E-state index contributed by atoms with van der Waals surface area (Å²) in [6, 6.07) is 3.60. The molecule has 0 spiro atoms. The van der Waals surface area contributed by atoms with E-state index in [0.29, 0.717) is 32.6 Å². The van der Waals surface area contributed by atoms with Crippen molar-refractivity contribution in [1.82, 2.24) is 15.1 Å². The summed E-state index contributed by atoms with van der Waals surface area (Å²) in [6.45, 7) is 2.88. The fourth-order valence-electron chi connectivity index (χ4n) is 3.26. The molecule has 2 aliphatic heterocycles. The summed E-state index contributed by atoms with van der Waals surface area (Å²) < 4.78 is 5.25. The average Bonchev–Trinajstić information content (AvgIpc) is 3.28. The van der Waals surface area contributed by atoms with Crippen molar-refractivity contribution in [3.63, 3.8) is 0 Å². The monoisotopic (exact) mass is 333 g/mol. The van der Waals surface area contributed by atoms with E-state index in [-0.39, 0.29) is 30.1 Å². The number of likely N-dealkylation sites (tertiary alicyclic amines) is 2. The third kappa shape index (κ3) is 3.96. The zero-order valence-electron chi connectivity index (χ0n) is 13.7. The first-order chi connectivity index (χ1) is 11.6. The van der Waals surface area contributed by atoms with Crippen molar-refractivity contribution in [1.29, 1.82) is 0 Å². The lowest BCUT2D eigenvalue weighted by atomic mass is 10.1. The number of amides is 3. The Bertz CT molecular complexity index is 599. The van der Waals surface area contributed by atoms with Gasteiger partial charge in [-0.15, -0.1) is 0 Å². The van der Waals surface area contributed by atoms with E-state index in [2.05, 4.69) is 5.32 Å². The van der Waals surface area contributed by atoms with Crippen LogP contribution in [0.3, 0.4) is 0 Å². The third-order valence-electron chi connectivity index (χ3n) is 4.59. The van der Waals surface area contributed by atoms with E-state index in [1.807, 2.05) is 11.0 Å². The molecule has 7 heteroatoms. The zero-order chi connectivity index (χ0) is 16.9. The molecule has 3 amide bonds. The van der Waals surface area contributed by atoms with Gasteiger partial charge in [-0.05, 0) is 25.0 Å². The minimum atomic E-state index is -0.305. The summed E-state index contributed by atoms with van der Waals surface area (Å²) >= 11 is 0. The maximum atomic E-state index is 12.2. The minimum Gasteiger partial charge on any atom is -0.467 e. The predicted octanol–water partition coefficient (Wildman–Crippen LogP) is 0.757. The Morgan fingerprint density at radius 1 is 1.29 bits per heavy atom. The van der Waals surface area contributed by atoms with Gasteiger partial charge in [0.05, 0.1) is 18.7 Å². The molecule has 24 heavy (non-hydrogen) atoms. The number of carbonyl (C=O) groups is 3. The highest BCUT2D eigenvalue weighted by Gasteiger charge is 2.34. The van der Waals surface area contributed by atoms with Gasteiger partial charge in [0, 0.05) is 39.0 Å². The molecule has 7 nitrogen and oxygen atoms in total. The summed E-state index contributed by atoms with van der Waals surface area (Å²) in [7, 11) is 0. The molecule has 0 saturated carbocycles. The summed E-state index contributed by atoms with van der Waals surface area (Å²) in [5, 5.41) is 2.88. The molecule has 2 aliphatic rings. The number of hydrogen-bond donors (Lipinski definition) is 1. The quantitative estimate of drug-likeness (QED) is 0.747. The minimum absolute atomic E-state index is 0.0192. The Morgan fingerprint density at radius 2 is 2.17 bits per heavy atom. The van der Waals surface area contributed by atoms with Gasteiger partial charge >= 0.3 is 0 Å². The van der Waals surface area contributed by atoms with Crippen molar-refractivity contribution in [3.8, 4) is 0 Å². The fraction of sp³-hybridized carbons (Fsp3) is 0.588. The lowest BCUT2D eigenvalue weighted by molar-refractivity contribution is -0.129. The van der Waals surface area contributed by atoms with Crippen molar-refractivity contribution in [2.45, 2.75) is 32.2 Å². The van der Waals surface area contributed by atoms with Gasteiger partial charge in [-0.2, -0.15) is 0 Å². The molecule has 130 valence electrons. The van der Waals surface area contributed by atoms with E-state index in [9.17, 15) is 14.4 Å². The van der Waals surface area contributed by atoms with Gasteiger partial charge < -0.3 is 19.5 Å². The summed E-state index contributed by atoms with van der Waals surface area (Å²) in [5.74, 6) is 0.518. The van der Waals surface area contributed by atoms with E-state index >= 15 is 0 Å². The Labute approximate surface area is 141 Å². The number of hydrogen-bond acceptors (Lipinski definition) is 4. The summed E-state index contributed by atoms with van der Waals surface area (Å²) in [5.41, 5.74) is 0. The second-order valence-electron chi connectivity index (χ2n) is 6.38. The van der Waals surface area contributed by atoms with Gasteiger partial charge in [0.2, 0.25) is 17.7 Å². The number of rotatable bonds is 7. The first kappa shape index (κ1) is 16.5. The normalized spacial score (nSPS) is 20.9. The maximum Gasteiger partial charge on any atom is 0.225 e. The lowest BCUT2D eigenvalue weighted by Crippen LogP contribution is -2.35. The van der Waals surface area contributed by atoms with E-state index < -0.39 is 0 Å². The highest BCUT2D eigenvalue weighted by atomic mass is 16.3. The van der Waals surface area contributed by atoms with Gasteiger partial charge in [-0.25, -0.2) is 0 Å². The molecule has 0 bridgehead atoms. The topological polar surface area (TPSA) is 82.9 Å². The van der Waals surface area contributed by atoms with Gasteiger partial charge in [0.25, 0.3) is 0 Å². The van der Waals surface area contributed by atoms with Crippen LogP contribution in [-0.4, -0.2) is 53.7 Å². The van der Waals surface area contributed by atoms with E-state index in [1.54, 1.807) is 17.2 Å². The molecule has 0 unspecified atom stereocenters.